The third-order valence-corrected chi connectivity index (χ3v) is 7.61. The van der Waals surface area contributed by atoms with Crippen molar-refractivity contribution in [3.8, 4) is 34.5 Å². The van der Waals surface area contributed by atoms with E-state index in [-0.39, 0.29) is 0 Å². The Hall–Kier alpha value is -3.89. The summed E-state index contributed by atoms with van der Waals surface area (Å²) in [5.74, 6) is 3.19. The van der Waals surface area contributed by atoms with Gasteiger partial charge in [-0.3, -0.25) is 0 Å². The number of benzene rings is 5. The van der Waals surface area contributed by atoms with Crippen molar-refractivity contribution in [3.63, 3.8) is 0 Å². The minimum atomic E-state index is -3.80. The minimum Gasteiger partial charge on any atom is -0.457 e. The van der Waals surface area contributed by atoms with E-state index in [9.17, 15) is 4.57 Å². The maximum atomic E-state index is 14.0. The molecule has 5 aromatic rings. The first-order valence-electron chi connectivity index (χ1n) is 11.6. The number of halogens is 2. The zero-order valence-electron chi connectivity index (χ0n) is 19.9. The number of hydrogen-bond donors (Lipinski definition) is 0. The highest BCUT2D eigenvalue weighted by Gasteiger charge is 2.31. The lowest BCUT2D eigenvalue weighted by Crippen LogP contribution is -2.14. The van der Waals surface area contributed by atoms with E-state index in [1.165, 1.54) is 0 Å². The Bertz CT molecular complexity index is 1430. The molecular formula is C30H21Cl2O5P. The average Bonchev–Trinajstić information content (AvgIpc) is 2.94. The molecule has 5 aromatic carbocycles. The fraction of sp³-hybridized carbons (Fsp3) is 0. The maximum Gasteiger partial charge on any atom is 0.462 e. The molecule has 0 bridgehead atoms. The molecular weight excluding hydrogens is 542 g/mol. The first kappa shape index (κ1) is 25.7. The third kappa shape index (κ3) is 6.70. The first-order valence-corrected chi connectivity index (χ1v) is 13.9. The van der Waals surface area contributed by atoms with E-state index in [0.29, 0.717) is 49.8 Å². The van der Waals surface area contributed by atoms with E-state index >= 15 is 0 Å². The summed E-state index contributed by atoms with van der Waals surface area (Å²) >= 11 is 11.9. The summed E-state index contributed by atoms with van der Waals surface area (Å²) < 4.78 is 37.6. The van der Waals surface area contributed by atoms with Crippen molar-refractivity contribution in [2.24, 2.45) is 0 Å². The topological polar surface area (TPSA) is 54.0 Å². The van der Waals surface area contributed by atoms with Gasteiger partial charge in [0, 0.05) is 10.0 Å². The summed E-state index contributed by atoms with van der Waals surface area (Å²) in [7, 11) is -3.80. The Labute approximate surface area is 230 Å². The van der Waals surface area contributed by atoms with Crippen LogP contribution < -0.4 is 23.8 Å². The normalized spacial score (nSPS) is 11.0. The van der Waals surface area contributed by atoms with Crippen molar-refractivity contribution in [1.29, 1.82) is 0 Å². The fourth-order valence-electron chi connectivity index (χ4n) is 3.43. The fourth-order valence-corrected chi connectivity index (χ4v) is 5.26. The monoisotopic (exact) mass is 562 g/mol. The second-order valence-corrected chi connectivity index (χ2v) is 10.8. The molecule has 0 aromatic heterocycles. The van der Waals surface area contributed by atoms with Gasteiger partial charge in [-0.05, 0) is 109 Å². The van der Waals surface area contributed by atoms with Crippen LogP contribution in [0.3, 0.4) is 0 Å². The summed E-state index contributed by atoms with van der Waals surface area (Å²) in [4.78, 5) is 0. The molecule has 0 atom stereocenters. The molecule has 0 spiro atoms. The van der Waals surface area contributed by atoms with Gasteiger partial charge >= 0.3 is 7.60 Å². The molecule has 0 aliphatic heterocycles. The van der Waals surface area contributed by atoms with E-state index in [0.717, 1.165) is 0 Å². The third-order valence-electron chi connectivity index (χ3n) is 5.27. The highest BCUT2D eigenvalue weighted by Crippen LogP contribution is 2.48. The predicted octanol–water partition coefficient (Wildman–Crippen LogP) is 9.55. The highest BCUT2D eigenvalue weighted by atomic mass is 35.5. The summed E-state index contributed by atoms with van der Waals surface area (Å²) in [6, 6.07) is 36.5. The molecule has 5 nitrogen and oxygen atoms in total. The van der Waals surface area contributed by atoms with Gasteiger partial charge in [-0.25, -0.2) is 4.57 Å². The molecule has 0 N–H and O–H groups in total. The van der Waals surface area contributed by atoms with Gasteiger partial charge in [0.05, 0.1) is 5.30 Å². The number of hydrogen-bond acceptors (Lipinski definition) is 5. The molecule has 0 saturated carbocycles. The molecule has 0 radical (unpaired) electrons. The molecule has 190 valence electrons. The Morgan fingerprint density at radius 1 is 0.421 bits per heavy atom. The largest absolute Gasteiger partial charge is 0.462 e. The van der Waals surface area contributed by atoms with Crippen LogP contribution in [0.4, 0.5) is 0 Å². The van der Waals surface area contributed by atoms with E-state index < -0.39 is 7.60 Å². The van der Waals surface area contributed by atoms with Crippen LogP contribution >= 0.6 is 30.8 Å². The van der Waals surface area contributed by atoms with Gasteiger partial charge in [-0.2, -0.15) is 0 Å². The molecule has 0 saturated heterocycles. The molecule has 0 heterocycles. The number of ether oxygens (including phenoxy) is 2. The summed E-state index contributed by atoms with van der Waals surface area (Å²) in [5.41, 5.74) is 0. The van der Waals surface area contributed by atoms with Gasteiger partial charge in [0.1, 0.15) is 34.5 Å². The first-order chi connectivity index (χ1) is 18.4. The molecule has 0 unspecified atom stereocenters. The minimum absolute atomic E-state index is 0.364. The standard InChI is InChI=1S/C30H21Cl2O5P/c31-22-6-10-24(11-7-22)34-26-14-18-28(19-15-26)36-38(33,30-4-2-1-3-5-30)37-29-20-16-27(17-21-29)35-25-12-8-23(32)9-13-25/h1-21H. The SMILES string of the molecule is O=P(Oc1ccc(Oc2ccc(Cl)cc2)cc1)(Oc1ccc(Oc2ccc(Cl)cc2)cc1)c1ccccc1. The van der Waals surface area contributed by atoms with Crippen LogP contribution in [0.15, 0.2) is 127 Å². The Balaban J connectivity index is 1.32. The van der Waals surface area contributed by atoms with Crippen molar-refractivity contribution in [2.75, 3.05) is 0 Å². The van der Waals surface area contributed by atoms with Crippen LogP contribution in [-0.4, -0.2) is 0 Å². The van der Waals surface area contributed by atoms with Gasteiger partial charge < -0.3 is 18.5 Å². The molecule has 0 aliphatic rings. The molecule has 0 aliphatic carbocycles. The predicted molar refractivity (Wildman–Crippen MR) is 151 cm³/mol. The van der Waals surface area contributed by atoms with Gasteiger partial charge in [0.2, 0.25) is 0 Å². The summed E-state index contributed by atoms with van der Waals surface area (Å²) in [5, 5.41) is 1.67. The lowest BCUT2D eigenvalue weighted by molar-refractivity contribution is 0.398. The van der Waals surface area contributed by atoms with E-state index in [4.69, 9.17) is 41.7 Å². The van der Waals surface area contributed by atoms with Crippen LogP contribution in [0.2, 0.25) is 10.0 Å². The molecule has 0 amide bonds. The lowest BCUT2D eigenvalue weighted by Gasteiger charge is -2.20. The maximum absolute atomic E-state index is 14.0. The highest BCUT2D eigenvalue weighted by molar-refractivity contribution is 7.63. The van der Waals surface area contributed by atoms with Crippen molar-refractivity contribution < 1.29 is 23.1 Å². The van der Waals surface area contributed by atoms with Gasteiger partial charge in [0.15, 0.2) is 0 Å². The van der Waals surface area contributed by atoms with Crippen LogP contribution in [-0.2, 0) is 4.57 Å². The molecule has 38 heavy (non-hydrogen) atoms. The van der Waals surface area contributed by atoms with Crippen LogP contribution in [0.1, 0.15) is 0 Å². The van der Waals surface area contributed by atoms with Crippen molar-refractivity contribution >= 4 is 36.1 Å². The Kier molecular flexibility index (Phi) is 7.90. The lowest BCUT2D eigenvalue weighted by atomic mass is 10.3. The Morgan fingerprint density at radius 2 is 0.737 bits per heavy atom. The summed E-state index contributed by atoms with van der Waals surface area (Å²) in [6.45, 7) is 0. The Morgan fingerprint density at radius 3 is 1.11 bits per heavy atom. The van der Waals surface area contributed by atoms with E-state index in [1.54, 1.807) is 121 Å². The number of rotatable bonds is 9. The molecule has 0 fully saturated rings. The van der Waals surface area contributed by atoms with E-state index in [2.05, 4.69) is 0 Å². The second kappa shape index (κ2) is 11.7. The zero-order valence-corrected chi connectivity index (χ0v) is 22.3. The van der Waals surface area contributed by atoms with Crippen molar-refractivity contribution in [3.05, 3.63) is 137 Å². The van der Waals surface area contributed by atoms with Gasteiger partial charge in [0.25, 0.3) is 0 Å². The van der Waals surface area contributed by atoms with Crippen molar-refractivity contribution in [2.45, 2.75) is 0 Å². The van der Waals surface area contributed by atoms with Crippen LogP contribution in [0.5, 0.6) is 34.5 Å². The van der Waals surface area contributed by atoms with Crippen LogP contribution in [0, 0.1) is 0 Å². The van der Waals surface area contributed by atoms with Crippen LogP contribution in [0.25, 0.3) is 0 Å². The summed E-state index contributed by atoms with van der Waals surface area (Å²) in [6.07, 6.45) is 0. The quantitative estimate of drug-likeness (QED) is 0.167. The second-order valence-electron chi connectivity index (χ2n) is 8.07. The van der Waals surface area contributed by atoms with E-state index in [1.807, 2.05) is 6.07 Å². The smallest absolute Gasteiger partial charge is 0.457 e. The van der Waals surface area contributed by atoms with Gasteiger partial charge in [-0.15, -0.1) is 0 Å². The zero-order chi connectivity index (χ0) is 26.4. The van der Waals surface area contributed by atoms with Gasteiger partial charge in [-0.1, -0.05) is 41.4 Å². The average molecular weight is 563 g/mol. The van der Waals surface area contributed by atoms with Crippen molar-refractivity contribution in [1.82, 2.24) is 0 Å². The molecule has 8 heteroatoms. The molecule has 5 rings (SSSR count).